The first kappa shape index (κ1) is 24.8. The van der Waals surface area contributed by atoms with Gasteiger partial charge in [0.05, 0.1) is 18.2 Å². The minimum absolute atomic E-state index is 0.0941. The van der Waals surface area contributed by atoms with Crippen LogP contribution in [0.5, 0.6) is 0 Å². The number of pyridine rings is 1. The SMILES string of the molecule is Cc1ccc(C)c(N2CCN([C@H](c3cc4cccc(C)c4[nH]c3=O)c3nnnn3C[C@H]3CCCO3)CC2)c1. The molecule has 2 saturated heterocycles. The van der Waals surface area contributed by atoms with Gasteiger partial charge >= 0.3 is 0 Å². The molecule has 0 bridgehead atoms. The summed E-state index contributed by atoms with van der Waals surface area (Å²) >= 11 is 0. The van der Waals surface area contributed by atoms with Crippen molar-refractivity contribution in [1.29, 1.82) is 0 Å². The van der Waals surface area contributed by atoms with Crippen molar-refractivity contribution in [1.82, 2.24) is 30.1 Å². The van der Waals surface area contributed by atoms with E-state index in [-0.39, 0.29) is 17.7 Å². The van der Waals surface area contributed by atoms with E-state index in [9.17, 15) is 4.79 Å². The van der Waals surface area contributed by atoms with Gasteiger partial charge in [-0.1, -0.05) is 30.3 Å². The van der Waals surface area contributed by atoms with Crippen LogP contribution in [0.25, 0.3) is 10.9 Å². The number of nitrogens with zero attached hydrogens (tertiary/aromatic N) is 6. The Morgan fingerprint density at radius 2 is 1.89 bits per heavy atom. The van der Waals surface area contributed by atoms with Crippen molar-refractivity contribution in [3.8, 4) is 0 Å². The lowest BCUT2D eigenvalue weighted by molar-refractivity contribution is 0.0906. The van der Waals surface area contributed by atoms with Gasteiger partial charge < -0.3 is 14.6 Å². The normalized spacial score (nSPS) is 19.3. The zero-order chi connectivity index (χ0) is 26.2. The van der Waals surface area contributed by atoms with E-state index in [1.54, 1.807) is 0 Å². The number of H-pyrrole nitrogens is 1. The lowest BCUT2D eigenvalue weighted by Crippen LogP contribution is -2.49. The molecule has 38 heavy (non-hydrogen) atoms. The fraction of sp³-hybridized carbons (Fsp3) is 0.448. The van der Waals surface area contributed by atoms with Gasteiger partial charge in [0.25, 0.3) is 5.56 Å². The second-order valence-electron chi connectivity index (χ2n) is 10.7. The summed E-state index contributed by atoms with van der Waals surface area (Å²) in [5.41, 5.74) is 6.32. The van der Waals surface area contributed by atoms with Gasteiger partial charge in [-0.25, -0.2) is 4.68 Å². The van der Waals surface area contributed by atoms with Crippen molar-refractivity contribution in [2.24, 2.45) is 0 Å². The summed E-state index contributed by atoms with van der Waals surface area (Å²) in [4.78, 5) is 21.5. The minimum atomic E-state index is -0.360. The van der Waals surface area contributed by atoms with Crippen molar-refractivity contribution in [3.63, 3.8) is 0 Å². The first-order valence-electron chi connectivity index (χ1n) is 13.5. The van der Waals surface area contributed by atoms with E-state index in [1.807, 2.05) is 35.9 Å². The number of benzene rings is 2. The second-order valence-corrected chi connectivity index (χ2v) is 10.7. The molecule has 4 heterocycles. The van der Waals surface area contributed by atoms with Gasteiger partial charge in [0.1, 0.15) is 6.04 Å². The number of hydrogen-bond donors (Lipinski definition) is 1. The maximum absolute atomic E-state index is 13.6. The van der Waals surface area contributed by atoms with E-state index in [4.69, 9.17) is 4.74 Å². The molecule has 2 fully saturated rings. The molecule has 2 aromatic heterocycles. The quantitative estimate of drug-likeness (QED) is 0.422. The Labute approximate surface area is 222 Å². The molecule has 1 N–H and O–H groups in total. The van der Waals surface area contributed by atoms with Crippen LogP contribution < -0.4 is 10.5 Å². The molecule has 0 saturated carbocycles. The number of nitrogens with one attached hydrogen (secondary N) is 1. The molecule has 2 aliphatic heterocycles. The predicted molar refractivity (Wildman–Crippen MR) is 148 cm³/mol. The Hall–Kier alpha value is -3.56. The molecular formula is C29H35N7O2. The third kappa shape index (κ3) is 4.72. The van der Waals surface area contributed by atoms with Crippen LogP contribution in [-0.2, 0) is 11.3 Å². The highest BCUT2D eigenvalue weighted by Gasteiger charge is 2.34. The molecule has 4 aromatic rings. The molecule has 9 heteroatoms. The average Bonchev–Trinajstić information content (AvgIpc) is 3.60. The van der Waals surface area contributed by atoms with Crippen LogP contribution in [0, 0.1) is 20.8 Å². The fourth-order valence-electron chi connectivity index (χ4n) is 5.90. The monoisotopic (exact) mass is 513 g/mol. The van der Waals surface area contributed by atoms with Crippen molar-refractivity contribution in [2.45, 2.75) is 52.3 Å². The summed E-state index contributed by atoms with van der Waals surface area (Å²) < 4.78 is 7.73. The van der Waals surface area contributed by atoms with Crippen LogP contribution in [0.2, 0.25) is 0 Å². The Balaban J connectivity index is 1.37. The van der Waals surface area contributed by atoms with Crippen molar-refractivity contribution < 1.29 is 4.74 Å². The van der Waals surface area contributed by atoms with Gasteiger partial charge in [-0.2, -0.15) is 0 Å². The first-order chi connectivity index (χ1) is 18.5. The molecule has 6 rings (SSSR count). The molecule has 2 aromatic carbocycles. The van der Waals surface area contributed by atoms with E-state index >= 15 is 0 Å². The summed E-state index contributed by atoms with van der Waals surface area (Å²) in [6.45, 7) is 11.0. The highest BCUT2D eigenvalue weighted by Crippen LogP contribution is 2.31. The summed E-state index contributed by atoms with van der Waals surface area (Å²) in [5, 5.41) is 13.9. The first-order valence-corrected chi connectivity index (χ1v) is 13.5. The Morgan fingerprint density at radius 1 is 1.05 bits per heavy atom. The zero-order valence-corrected chi connectivity index (χ0v) is 22.4. The number of aromatic amines is 1. The number of para-hydroxylation sites is 1. The van der Waals surface area contributed by atoms with E-state index in [2.05, 4.69) is 62.4 Å². The lowest BCUT2D eigenvalue weighted by atomic mass is 10.0. The molecule has 198 valence electrons. The summed E-state index contributed by atoms with van der Waals surface area (Å²) in [7, 11) is 0. The second kappa shape index (κ2) is 10.3. The minimum Gasteiger partial charge on any atom is -0.376 e. The molecule has 2 aliphatic rings. The van der Waals surface area contributed by atoms with Crippen molar-refractivity contribution >= 4 is 16.6 Å². The number of tetrazole rings is 1. The van der Waals surface area contributed by atoms with Gasteiger partial charge in [-0.05, 0) is 78.2 Å². The summed E-state index contributed by atoms with van der Waals surface area (Å²) in [6, 6.07) is 14.4. The number of piperazine rings is 1. The fourth-order valence-corrected chi connectivity index (χ4v) is 5.90. The average molecular weight is 514 g/mol. The standard InChI is InChI=1S/C29H35N7O2/c1-19-9-10-20(2)25(16-19)34-11-13-35(14-12-34)27(28-31-32-33-36(28)18-23-8-5-15-38-23)24-17-22-7-4-6-21(3)26(22)30-29(24)37/h4,6-7,9-10,16-17,23,27H,5,8,11-15,18H2,1-3H3,(H,30,37)/t23-,27-/m1/s1. The van der Waals surface area contributed by atoms with E-state index in [1.165, 1.54) is 16.8 Å². The number of hydrogen-bond acceptors (Lipinski definition) is 7. The van der Waals surface area contributed by atoms with E-state index in [0.717, 1.165) is 62.1 Å². The Kier molecular flexibility index (Phi) is 6.71. The highest BCUT2D eigenvalue weighted by atomic mass is 16.5. The number of rotatable bonds is 6. The number of ether oxygens (including phenoxy) is 1. The molecule has 0 radical (unpaired) electrons. The number of aromatic nitrogens is 5. The van der Waals surface area contributed by atoms with Crippen LogP contribution in [0.3, 0.4) is 0 Å². The van der Waals surface area contributed by atoms with Gasteiger partial charge in [0.2, 0.25) is 0 Å². The highest BCUT2D eigenvalue weighted by molar-refractivity contribution is 5.82. The number of fused-ring (bicyclic) bond motifs is 1. The van der Waals surface area contributed by atoms with E-state index in [0.29, 0.717) is 17.9 Å². The molecule has 0 amide bonds. The predicted octanol–water partition coefficient (Wildman–Crippen LogP) is 3.53. The van der Waals surface area contributed by atoms with Crippen LogP contribution in [0.15, 0.2) is 47.3 Å². The van der Waals surface area contributed by atoms with Crippen LogP contribution in [-0.4, -0.2) is 69.0 Å². The van der Waals surface area contributed by atoms with Crippen LogP contribution >= 0.6 is 0 Å². The van der Waals surface area contributed by atoms with Crippen molar-refractivity contribution in [3.05, 3.63) is 80.9 Å². The molecule has 0 spiro atoms. The Morgan fingerprint density at radius 3 is 2.68 bits per heavy atom. The molecular weight excluding hydrogens is 478 g/mol. The lowest BCUT2D eigenvalue weighted by Gasteiger charge is -2.40. The third-order valence-corrected chi connectivity index (χ3v) is 8.00. The summed E-state index contributed by atoms with van der Waals surface area (Å²) in [6.07, 6.45) is 2.14. The Bertz CT molecular complexity index is 1500. The van der Waals surface area contributed by atoms with E-state index < -0.39 is 0 Å². The van der Waals surface area contributed by atoms with Crippen molar-refractivity contribution in [2.75, 3.05) is 37.7 Å². The third-order valence-electron chi connectivity index (χ3n) is 8.00. The van der Waals surface area contributed by atoms with Gasteiger partial charge in [-0.3, -0.25) is 9.69 Å². The maximum Gasteiger partial charge on any atom is 0.253 e. The molecule has 9 nitrogen and oxygen atoms in total. The molecule has 0 unspecified atom stereocenters. The summed E-state index contributed by atoms with van der Waals surface area (Å²) in [5.74, 6) is 0.693. The number of anilines is 1. The van der Waals surface area contributed by atoms with Crippen LogP contribution in [0.1, 0.15) is 47.0 Å². The number of aryl methyl sites for hydroxylation is 3. The maximum atomic E-state index is 13.6. The van der Waals surface area contributed by atoms with Crippen LogP contribution in [0.4, 0.5) is 5.69 Å². The van der Waals surface area contributed by atoms with Gasteiger partial charge in [0.15, 0.2) is 5.82 Å². The van der Waals surface area contributed by atoms with Gasteiger partial charge in [0, 0.05) is 44.0 Å². The largest absolute Gasteiger partial charge is 0.376 e. The zero-order valence-electron chi connectivity index (χ0n) is 22.4. The topological polar surface area (TPSA) is 92.2 Å². The smallest absolute Gasteiger partial charge is 0.253 e. The molecule has 2 atom stereocenters. The van der Waals surface area contributed by atoms with Gasteiger partial charge in [-0.15, -0.1) is 5.10 Å². The molecule has 0 aliphatic carbocycles.